The minimum absolute atomic E-state index is 0.199. The predicted octanol–water partition coefficient (Wildman–Crippen LogP) is 2.13. The number of piperidine rings is 1. The lowest BCUT2D eigenvalue weighted by Crippen LogP contribution is -2.47. The van der Waals surface area contributed by atoms with Crippen molar-refractivity contribution in [2.75, 3.05) is 32.7 Å². The molecule has 0 radical (unpaired) electrons. The summed E-state index contributed by atoms with van der Waals surface area (Å²) in [7, 11) is 0. The van der Waals surface area contributed by atoms with Crippen LogP contribution in [0, 0.1) is 0 Å². The minimum atomic E-state index is -4.13. The zero-order valence-corrected chi connectivity index (χ0v) is 13.4. The summed E-state index contributed by atoms with van der Waals surface area (Å²) in [6, 6.07) is 0.199. The van der Waals surface area contributed by atoms with Gasteiger partial charge in [0.1, 0.15) is 5.60 Å². The second kappa shape index (κ2) is 8.01. The maximum Gasteiger partial charge on any atom is 0.407 e. The van der Waals surface area contributed by atoms with Crippen LogP contribution >= 0.6 is 0 Å². The molecule has 0 aromatic heterocycles. The Labute approximate surface area is 129 Å². The number of carbonyl (C=O) groups is 1. The van der Waals surface area contributed by atoms with E-state index in [1.54, 1.807) is 20.8 Å². The average Bonchev–Trinajstić information content (AvgIpc) is 2.32. The fraction of sp³-hybridized carbons (Fsp3) is 0.929. The first-order valence-corrected chi connectivity index (χ1v) is 7.54. The summed E-state index contributed by atoms with van der Waals surface area (Å²) >= 11 is 0. The van der Waals surface area contributed by atoms with E-state index in [9.17, 15) is 18.0 Å². The Kier molecular flexibility index (Phi) is 6.93. The van der Waals surface area contributed by atoms with Gasteiger partial charge in [-0.3, -0.25) is 4.90 Å². The molecule has 0 saturated carbocycles. The van der Waals surface area contributed by atoms with E-state index in [1.165, 1.54) is 4.90 Å². The molecule has 1 amide bonds. The first kappa shape index (κ1) is 19.0. The van der Waals surface area contributed by atoms with Crippen LogP contribution < -0.4 is 10.6 Å². The fourth-order valence-electron chi connectivity index (χ4n) is 2.30. The van der Waals surface area contributed by atoms with E-state index in [1.807, 2.05) is 0 Å². The Bertz CT molecular complexity index is 348. The van der Waals surface area contributed by atoms with Crippen molar-refractivity contribution in [3.8, 4) is 0 Å². The van der Waals surface area contributed by atoms with E-state index in [4.69, 9.17) is 4.74 Å². The molecule has 1 heterocycles. The quantitative estimate of drug-likeness (QED) is 0.761. The lowest BCUT2D eigenvalue weighted by Gasteiger charge is -2.32. The molecule has 0 bridgehead atoms. The highest BCUT2D eigenvalue weighted by Crippen LogP contribution is 2.19. The van der Waals surface area contributed by atoms with Gasteiger partial charge >= 0.3 is 12.3 Å². The number of ether oxygens (including phenoxy) is 1. The molecular formula is C14H26F3N3O2. The first-order chi connectivity index (χ1) is 10.1. The maximum atomic E-state index is 12.3. The number of nitrogens with one attached hydrogen (secondary N) is 2. The largest absolute Gasteiger partial charge is 0.444 e. The highest BCUT2D eigenvalue weighted by atomic mass is 19.4. The Morgan fingerprint density at radius 1 is 1.18 bits per heavy atom. The van der Waals surface area contributed by atoms with Crippen LogP contribution in [0.2, 0.25) is 0 Å². The van der Waals surface area contributed by atoms with Gasteiger partial charge in [-0.1, -0.05) is 0 Å². The topological polar surface area (TPSA) is 53.6 Å². The van der Waals surface area contributed by atoms with Crippen molar-refractivity contribution < 1.29 is 22.7 Å². The van der Waals surface area contributed by atoms with E-state index < -0.39 is 24.4 Å². The molecular weight excluding hydrogens is 299 g/mol. The van der Waals surface area contributed by atoms with E-state index in [-0.39, 0.29) is 6.04 Å². The van der Waals surface area contributed by atoms with E-state index in [0.29, 0.717) is 39.0 Å². The Hall–Kier alpha value is -1.02. The third-order valence-corrected chi connectivity index (χ3v) is 3.22. The van der Waals surface area contributed by atoms with Crippen molar-refractivity contribution in [3.05, 3.63) is 0 Å². The number of hydrogen-bond acceptors (Lipinski definition) is 4. The van der Waals surface area contributed by atoms with E-state index >= 15 is 0 Å². The van der Waals surface area contributed by atoms with Crippen molar-refractivity contribution in [1.82, 2.24) is 15.5 Å². The van der Waals surface area contributed by atoms with Crippen LogP contribution in [0.3, 0.4) is 0 Å². The van der Waals surface area contributed by atoms with Crippen molar-refractivity contribution >= 4 is 6.09 Å². The van der Waals surface area contributed by atoms with Gasteiger partial charge in [-0.15, -0.1) is 0 Å². The van der Waals surface area contributed by atoms with Crippen LogP contribution in [0.25, 0.3) is 0 Å². The highest BCUT2D eigenvalue weighted by molar-refractivity contribution is 5.67. The Balaban J connectivity index is 2.09. The molecule has 0 unspecified atom stereocenters. The fourth-order valence-corrected chi connectivity index (χ4v) is 2.30. The van der Waals surface area contributed by atoms with Gasteiger partial charge in [0.25, 0.3) is 0 Å². The molecule has 1 rings (SSSR count). The van der Waals surface area contributed by atoms with Crippen molar-refractivity contribution in [2.24, 2.45) is 0 Å². The number of rotatable bonds is 5. The van der Waals surface area contributed by atoms with Crippen LogP contribution in [0.15, 0.2) is 0 Å². The average molecular weight is 325 g/mol. The maximum absolute atomic E-state index is 12.3. The molecule has 2 N–H and O–H groups in total. The number of alkyl carbamates (subject to hydrolysis) is 1. The molecule has 0 spiro atoms. The molecule has 130 valence electrons. The van der Waals surface area contributed by atoms with E-state index in [0.717, 1.165) is 0 Å². The normalized spacial score (nSPS) is 18.3. The Morgan fingerprint density at radius 3 is 2.27 bits per heavy atom. The number of halogens is 3. The number of nitrogens with zero attached hydrogens (tertiary/aromatic N) is 1. The summed E-state index contributed by atoms with van der Waals surface area (Å²) < 4.78 is 41.9. The minimum Gasteiger partial charge on any atom is -0.444 e. The summed E-state index contributed by atoms with van der Waals surface area (Å²) in [5.74, 6) is 0. The molecule has 1 fully saturated rings. The first-order valence-electron chi connectivity index (χ1n) is 7.54. The molecule has 8 heteroatoms. The van der Waals surface area contributed by atoms with Gasteiger partial charge in [-0.05, 0) is 46.7 Å². The molecule has 0 aromatic rings. The summed E-state index contributed by atoms with van der Waals surface area (Å²) in [5.41, 5.74) is -0.525. The molecule has 1 aliphatic rings. The van der Waals surface area contributed by atoms with Gasteiger partial charge in [-0.25, -0.2) is 4.79 Å². The molecule has 1 saturated heterocycles. The SMILES string of the molecule is CC(C)(C)OC(=O)NCCNC1CCN(CC(F)(F)F)CC1. The van der Waals surface area contributed by atoms with Gasteiger partial charge in [-0.2, -0.15) is 13.2 Å². The van der Waals surface area contributed by atoms with Crippen LogP contribution in [0.5, 0.6) is 0 Å². The molecule has 0 aliphatic carbocycles. The molecule has 22 heavy (non-hydrogen) atoms. The number of carbonyl (C=O) groups excluding carboxylic acids is 1. The van der Waals surface area contributed by atoms with Crippen molar-refractivity contribution in [3.63, 3.8) is 0 Å². The zero-order valence-electron chi connectivity index (χ0n) is 13.4. The second-order valence-corrected chi connectivity index (χ2v) is 6.55. The van der Waals surface area contributed by atoms with Gasteiger partial charge in [0.05, 0.1) is 6.54 Å². The van der Waals surface area contributed by atoms with E-state index in [2.05, 4.69) is 10.6 Å². The molecule has 1 aliphatic heterocycles. The Morgan fingerprint density at radius 2 is 1.77 bits per heavy atom. The lowest BCUT2D eigenvalue weighted by molar-refractivity contribution is -0.148. The van der Waals surface area contributed by atoms with Crippen LogP contribution in [-0.2, 0) is 4.74 Å². The number of alkyl halides is 3. The summed E-state index contributed by atoms with van der Waals surface area (Å²) in [5, 5.41) is 5.88. The summed E-state index contributed by atoms with van der Waals surface area (Å²) in [4.78, 5) is 12.8. The molecule has 0 aromatic carbocycles. The van der Waals surface area contributed by atoms with Crippen molar-refractivity contribution in [2.45, 2.75) is 51.4 Å². The molecule has 0 atom stereocenters. The zero-order chi connectivity index (χ0) is 16.8. The summed E-state index contributed by atoms with van der Waals surface area (Å²) in [6.07, 6.45) is -3.22. The number of hydrogen-bond donors (Lipinski definition) is 2. The van der Waals surface area contributed by atoms with Crippen LogP contribution in [0.4, 0.5) is 18.0 Å². The standard InChI is InChI=1S/C14H26F3N3O2/c1-13(2,3)22-12(21)19-7-6-18-11-4-8-20(9-5-11)10-14(15,16)17/h11,18H,4-10H2,1-3H3,(H,19,21). The number of likely N-dealkylation sites (tertiary alicyclic amines) is 1. The number of amides is 1. The lowest BCUT2D eigenvalue weighted by atomic mass is 10.1. The smallest absolute Gasteiger partial charge is 0.407 e. The van der Waals surface area contributed by atoms with Gasteiger partial charge < -0.3 is 15.4 Å². The van der Waals surface area contributed by atoms with Gasteiger partial charge in [0.2, 0.25) is 0 Å². The molecule has 5 nitrogen and oxygen atoms in total. The van der Waals surface area contributed by atoms with Crippen molar-refractivity contribution in [1.29, 1.82) is 0 Å². The van der Waals surface area contributed by atoms with Crippen LogP contribution in [0.1, 0.15) is 33.6 Å². The van der Waals surface area contributed by atoms with Gasteiger partial charge in [0.15, 0.2) is 0 Å². The highest BCUT2D eigenvalue weighted by Gasteiger charge is 2.32. The predicted molar refractivity (Wildman–Crippen MR) is 77.8 cm³/mol. The monoisotopic (exact) mass is 325 g/mol. The van der Waals surface area contributed by atoms with Crippen LogP contribution in [-0.4, -0.2) is 61.5 Å². The second-order valence-electron chi connectivity index (χ2n) is 6.55. The van der Waals surface area contributed by atoms with Gasteiger partial charge in [0, 0.05) is 19.1 Å². The third kappa shape index (κ3) is 9.09. The summed E-state index contributed by atoms with van der Waals surface area (Å²) in [6.45, 7) is 6.42. The third-order valence-electron chi connectivity index (χ3n) is 3.22.